The highest BCUT2D eigenvalue weighted by atomic mass is 79.9. The van der Waals surface area contributed by atoms with E-state index in [1.165, 1.54) is 18.4 Å². The monoisotopic (exact) mass is 377 g/mol. The van der Waals surface area contributed by atoms with E-state index in [0.717, 1.165) is 15.8 Å². The lowest BCUT2D eigenvalue weighted by Crippen LogP contribution is -2.05. The summed E-state index contributed by atoms with van der Waals surface area (Å²) in [6.07, 6.45) is 0. The molecule has 0 N–H and O–H groups in total. The second-order valence-corrected chi connectivity index (χ2v) is 6.01. The molecule has 0 bridgehead atoms. The molecule has 0 saturated heterocycles. The molecule has 3 rings (SSSR count). The van der Waals surface area contributed by atoms with Crippen LogP contribution in [0.2, 0.25) is 0 Å². The molecule has 4 nitrogen and oxygen atoms in total. The largest absolute Gasteiger partial charge is 0.465 e. The molecule has 3 aromatic rings. The van der Waals surface area contributed by atoms with Gasteiger partial charge in [0.1, 0.15) is 5.75 Å². The van der Waals surface area contributed by atoms with Gasteiger partial charge in [0, 0.05) is 10.9 Å². The molecule has 0 radical (unpaired) electrons. The molecule has 2 aromatic carbocycles. The molecule has 0 atom stereocenters. The Kier molecular flexibility index (Phi) is 4.40. The minimum atomic E-state index is -0.385. The number of ether oxygens (including phenoxy) is 2. The fourth-order valence-electron chi connectivity index (χ4n) is 2.09. The Morgan fingerprint density at radius 1 is 1.23 bits per heavy atom. The van der Waals surface area contributed by atoms with Gasteiger partial charge in [0.05, 0.1) is 22.9 Å². The maximum absolute atomic E-state index is 11.8. The molecule has 6 heteroatoms. The number of nitrogens with zero attached hydrogens (tertiary/aromatic N) is 1. The zero-order valence-electron chi connectivity index (χ0n) is 11.7. The number of rotatable bonds is 4. The van der Waals surface area contributed by atoms with Crippen molar-refractivity contribution in [3.63, 3.8) is 0 Å². The molecule has 1 heterocycles. The van der Waals surface area contributed by atoms with Gasteiger partial charge in [-0.05, 0) is 24.3 Å². The van der Waals surface area contributed by atoms with Crippen LogP contribution in [0.1, 0.15) is 15.9 Å². The molecule has 0 saturated carbocycles. The highest BCUT2D eigenvalue weighted by Gasteiger charge is 2.17. The average Bonchev–Trinajstić information content (AvgIpc) is 2.96. The number of hydrogen-bond donors (Lipinski definition) is 0. The van der Waals surface area contributed by atoms with Crippen molar-refractivity contribution in [2.45, 2.75) is 5.33 Å². The average molecular weight is 378 g/mol. The predicted octanol–water partition coefficient (Wildman–Crippen LogP) is 4.77. The van der Waals surface area contributed by atoms with Crippen molar-refractivity contribution in [2.75, 3.05) is 7.11 Å². The molecule has 0 aliphatic rings. The fraction of sp³-hybridized carbons (Fsp3) is 0.125. The highest BCUT2D eigenvalue weighted by Crippen LogP contribution is 2.34. The van der Waals surface area contributed by atoms with Crippen molar-refractivity contribution < 1.29 is 14.3 Å². The van der Waals surface area contributed by atoms with Crippen LogP contribution in [0.5, 0.6) is 10.9 Å². The Balaban J connectivity index is 1.99. The standard InChI is InChI=1S/C16H12BrNO3S/c1-20-15(19)10-5-4-7-13(11(10)9-17)21-16-18-12-6-2-3-8-14(12)22-16/h2-8H,9H2,1H3. The van der Waals surface area contributed by atoms with Gasteiger partial charge in [-0.3, -0.25) is 0 Å². The molecule has 0 amide bonds. The van der Waals surface area contributed by atoms with E-state index in [0.29, 0.717) is 21.8 Å². The quantitative estimate of drug-likeness (QED) is 0.485. The van der Waals surface area contributed by atoms with Gasteiger partial charge in [-0.15, -0.1) is 0 Å². The van der Waals surface area contributed by atoms with Crippen molar-refractivity contribution >= 4 is 43.5 Å². The first-order valence-electron chi connectivity index (χ1n) is 6.52. The summed E-state index contributed by atoms with van der Waals surface area (Å²) in [5.41, 5.74) is 2.12. The van der Waals surface area contributed by atoms with E-state index < -0.39 is 0 Å². The van der Waals surface area contributed by atoms with Crippen LogP contribution in [-0.2, 0) is 10.1 Å². The van der Waals surface area contributed by atoms with Crippen LogP contribution in [0.3, 0.4) is 0 Å². The number of para-hydroxylation sites is 1. The predicted molar refractivity (Wildman–Crippen MR) is 90.1 cm³/mol. The van der Waals surface area contributed by atoms with Crippen molar-refractivity contribution in [1.82, 2.24) is 4.98 Å². The molecule has 0 fully saturated rings. The summed E-state index contributed by atoms with van der Waals surface area (Å²) in [7, 11) is 1.36. The summed E-state index contributed by atoms with van der Waals surface area (Å²) in [5, 5.41) is 1.03. The third kappa shape index (κ3) is 2.84. The number of alkyl halides is 1. The Morgan fingerprint density at radius 3 is 2.77 bits per heavy atom. The van der Waals surface area contributed by atoms with Crippen LogP contribution >= 0.6 is 27.3 Å². The fourth-order valence-corrected chi connectivity index (χ4v) is 3.50. The van der Waals surface area contributed by atoms with Crippen LogP contribution in [0, 0.1) is 0 Å². The Morgan fingerprint density at radius 2 is 2.05 bits per heavy atom. The maximum Gasteiger partial charge on any atom is 0.338 e. The van der Waals surface area contributed by atoms with Crippen LogP contribution in [0.25, 0.3) is 10.2 Å². The number of hydrogen-bond acceptors (Lipinski definition) is 5. The summed E-state index contributed by atoms with van der Waals surface area (Å²) in [6, 6.07) is 13.1. The number of carbonyl (C=O) groups excluding carboxylic acids is 1. The van der Waals surface area contributed by atoms with Gasteiger partial charge in [0.15, 0.2) is 0 Å². The number of thiazole rings is 1. The summed E-state index contributed by atoms with van der Waals surface area (Å²) in [4.78, 5) is 16.3. The molecule has 22 heavy (non-hydrogen) atoms. The van der Waals surface area contributed by atoms with E-state index >= 15 is 0 Å². The summed E-state index contributed by atoms with van der Waals surface area (Å²) in [6.45, 7) is 0. The van der Waals surface area contributed by atoms with Crippen LogP contribution in [0.4, 0.5) is 0 Å². The molecule has 0 unspecified atom stereocenters. The molecule has 112 valence electrons. The topological polar surface area (TPSA) is 48.4 Å². The lowest BCUT2D eigenvalue weighted by Gasteiger charge is -2.10. The Labute approximate surface area is 139 Å². The number of carbonyl (C=O) groups is 1. The molecule has 0 aliphatic carbocycles. The van der Waals surface area contributed by atoms with Gasteiger partial charge in [-0.1, -0.05) is 45.5 Å². The van der Waals surface area contributed by atoms with Crippen LogP contribution < -0.4 is 4.74 Å². The summed E-state index contributed by atoms with van der Waals surface area (Å²) < 4.78 is 11.8. The van der Waals surface area contributed by atoms with Crippen molar-refractivity contribution in [2.24, 2.45) is 0 Å². The number of esters is 1. The highest BCUT2D eigenvalue weighted by molar-refractivity contribution is 9.08. The van der Waals surface area contributed by atoms with Crippen molar-refractivity contribution in [3.8, 4) is 10.9 Å². The van der Waals surface area contributed by atoms with Gasteiger partial charge in [0.25, 0.3) is 5.19 Å². The SMILES string of the molecule is COC(=O)c1cccc(Oc2nc3ccccc3s2)c1CBr. The third-order valence-electron chi connectivity index (χ3n) is 3.14. The number of benzene rings is 2. The normalized spacial score (nSPS) is 10.6. The molecular weight excluding hydrogens is 366 g/mol. The molecular formula is C16H12BrNO3S. The summed E-state index contributed by atoms with van der Waals surface area (Å²) >= 11 is 4.87. The van der Waals surface area contributed by atoms with E-state index in [4.69, 9.17) is 9.47 Å². The minimum Gasteiger partial charge on any atom is -0.465 e. The van der Waals surface area contributed by atoms with Crippen molar-refractivity contribution in [1.29, 1.82) is 0 Å². The molecule has 0 aliphatic heterocycles. The minimum absolute atomic E-state index is 0.385. The van der Waals surface area contributed by atoms with E-state index in [9.17, 15) is 4.79 Å². The number of fused-ring (bicyclic) bond motifs is 1. The first-order valence-corrected chi connectivity index (χ1v) is 8.46. The van der Waals surface area contributed by atoms with Gasteiger partial charge in [0.2, 0.25) is 0 Å². The zero-order chi connectivity index (χ0) is 15.5. The zero-order valence-corrected chi connectivity index (χ0v) is 14.1. The number of methoxy groups -OCH3 is 1. The van der Waals surface area contributed by atoms with Gasteiger partial charge < -0.3 is 9.47 Å². The van der Waals surface area contributed by atoms with Crippen LogP contribution in [0.15, 0.2) is 42.5 Å². The Bertz CT molecular complexity index is 798. The second-order valence-electron chi connectivity index (χ2n) is 4.46. The van der Waals surface area contributed by atoms with E-state index in [1.54, 1.807) is 12.1 Å². The first-order chi connectivity index (χ1) is 10.7. The van der Waals surface area contributed by atoms with E-state index in [-0.39, 0.29) is 5.97 Å². The lowest BCUT2D eigenvalue weighted by atomic mass is 10.1. The van der Waals surface area contributed by atoms with Crippen LogP contribution in [-0.4, -0.2) is 18.1 Å². The maximum atomic E-state index is 11.8. The third-order valence-corrected chi connectivity index (χ3v) is 4.62. The van der Waals surface area contributed by atoms with Gasteiger partial charge >= 0.3 is 5.97 Å². The molecule has 1 aromatic heterocycles. The van der Waals surface area contributed by atoms with Crippen molar-refractivity contribution in [3.05, 3.63) is 53.6 Å². The molecule has 0 spiro atoms. The lowest BCUT2D eigenvalue weighted by molar-refractivity contribution is 0.0599. The van der Waals surface area contributed by atoms with Gasteiger partial charge in [-0.2, -0.15) is 0 Å². The number of halogens is 1. The number of aromatic nitrogens is 1. The second kappa shape index (κ2) is 6.46. The smallest absolute Gasteiger partial charge is 0.338 e. The summed E-state index contributed by atoms with van der Waals surface area (Å²) in [5.74, 6) is 0.211. The first kappa shape index (κ1) is 15.0. The van der Waals surface area contributed by atoms with E-state index in [1.807, 2.05) is 30.3 Å². The Hall–Kier alpha value is -1.92. The van der Waals surface area contributed by atoms with E-state index in [2.05, 4.69) is 20.9 Å². The van der Waals surface area contributed by atoms with Gasteiger partial charge in [-0.25, -0.2) is 9.78 Å².